The molecule has 1 atom stereocenters. The normalized spacial score (nSPS) is 16.6. The molecule has 36 heavy (non-hydrogen) atoms. The van der Waals surface area contributed by atoms with Gasteiger partial charge in [0.2, 0.25) is 0 Å². The first-order valence-electron chi connectivity index (χ1n) is 11.7. The summed E-state index contributed by atoms with van der Waals surface area (Å²) in [6, 6.07) is 22.1. The molecule has 0 N–H and O–H groups in total. The van der Waals surface area contributed by atoms with E-state index in [-0.39, 0.29) is 11.6 Å². The van der Waals surface area contributed by atoms with Crippen molar-refractivity contribution < 1.29 is 9.47 Å². The van der Waals surface area contributed by atoms with Crippen LogP contribution in [0.5, 0.6) is 11.5 Å². The highest BCUT2D eigenvalue weighted by Crippen LogP contribution is 2.41. The summed E-state index contributed by atoms with van der Waals surface area (Å²) in [4.78, 5) is 19.7. The van der Waals surface area contributed by atoms with Crippen molar-refractivity contribution >= 4 is 39.0 Å². The number of hydrogen-bond acceptors (Lipinski definition) is 5. The maximum atomic E-state index is 13.9. The van der Waals surface area contributed by atoms with E-state index in [2.05, 4.69) is 52.3 Å². The molecule has 2 aliphatic rings. The molecule has 6 rings (SSSR count). The smallest absolute Gasteiger partial charge is 0.271 e. The first kappa shape index (κ1) is 23.0. The summed E-state index contributed by atoms with van der Waals surface area (Å²) in [6.07, 6.45) is 3.69. The number of rotatable bonds is 4. The van der Waals surface area contributed by atoms with Gasteiger partial charge in [-0.2, -0.15) is 0 Å². The van der Waals surface area contributed by atoms with E-state index in [1.807, 2.05) is 41.0 Å². The van der Waals surface area contributed by atoms with Crippen LogP contribution >= 0.6 is 27.3 Å². The molecule has 180 valence electrons. The summed E-state index contributed by atoms with van der Waals surface area (Å²) in [5, 5.41) is 0. The molecule has 0 amide bonds. The van der Waals surface area contributed by atoms with Gasteiger partial charge in [0.05, 0.1) is 30.5 Å². The Labute approximate surface area is 220 Å². The van der Waals surface area contributed by atoms with Gasteiger partial charge in [-0.3, -0.25) is 9.36 Å². The van der Waals surface area contributed by atoms with E-state index in [1.54, 1.807) is 14.2 Å². The van der Waals surface area contributed by atoms with Crippen LogP contribution in [0.3, 0.4) is 0 Å². The van der Waals surface area contributed by atoms with Crippen LogP contribution in [0.25, 0.3) is 11.8 Å². The fraction of sp³-hybridized carbons (Fsp3) is 0.172. The van der Waals surface area contributed by atoms with Gasteiger partial charge in [0.25, 0.3) is 5.56 Å². The van der Waals surface area contributed by atoms with Gasteiger partial charge in [-0.05, 0) is 59.9 Å². The quantitative estimate of drug-likeness (QED) is 0.350. The van der Waals surface area contributed by atoms with Crippen molar-refractivity contribution in [2.24, 2.45) is 4.99 Å². The molecule has 0 unspecified atom stereocenters. The number of aromatic nitrogens is 1. The van der Waals surface area contributed by atoms with Crippen LogP contribution < -0.4 is 24.4 Å². The van der Waals surface area contributed by atoms with Crippen molar-refractivity contribution in [3.8, 4) is 11.5 Å². The summed E-state index contributed by atoms with van der Waals surface area (Å²) in [5.41, 5.74) is 6.51. The van der Waals surface area contributed by atoms with Crippen LogP contribution in [0.1, 0.15) is 34.7 Å². The number of ether oxygens (including phenoxy) is 2. The number of allylic oxidation sites excluding steroid dienone is 1. The number of fused-ring (bicyclic) bond motifs is 3. The van der Waals surface area contributed by atoms with E-state index in [0.29, 0.717) is 20.8 Å². The Bertz CT molecular complexity index is 1700. The average Bonchev–Trinajstić information content (AvgIpc) is 3.22. The van der Waals surface area contributed by atoms with Crippen molar-refractivity contribution in [1.29, 1.82) is 0 Å². The summed E-state index contributed by atoms with van der Waals surface area (Å²) in [6.45, 7) is 0. The van der Waals surface area contributed by atoms with Crippen molar-refractivity contribution in [1.82, 2.24) is 4.57 Å². The highest BCUT2D eigenvalue weighted by atomic mass is 79.9. The number of benzene rings is 3. The monoisotopic (exact) mass is 558 g/mol. The molecule has 0 bridgehead atoms. The maximum Gasteiger partial charge on any atom is 0.271 e. The van der Waals surface area contributed by atoms with E-state index in [4.69, 9.17) is 14.5 Å². The summed E-state index contributed by atoms with van der Waals surface area (Å²) in [7, 11) is 3.24. The molecule has 0 spiro atoms. The summed E-state index contributed by atoms with van der Waals surface area (Å²) in [5.74, 6) is 1.35. The third kappa shape index (κ3) is 3.83. The molecule has 1 aromatic heterocycles. The zero-order valence-electron chi connectivity index (χ0n) is 19.8. The molecule has 2 heterocycles. The molecule has 7 heteroatoms. The minimum Gasteiger partial charge on any atom is -0.497 e. The lowest BCUT2D eigenvalue weighted by Crippen LogP contribution is -2.38. The second-order valence-electron chi connectivity index (χ2n) is 8.77. The van der Waals surface area contributed by atoms with Crippen molar-refractivity contribution in [3.63, 3.8) is 0 Å². The number of hydrogen-bond donors (Lipinski definition) is 0. The molecule has 0 saturated carbocycles. The minimum atomic E-state index is -0.197. The van der Waals surface area contributed by atoms with Crippen LogP contribution in [0.2, 0.25) is 0 Å². The predicted octanol–water partition coefficient (Wildman–Crippen LogP) is 5.10. The number of thiazole rings is 1. The lowest BCUT2D eigenvalue weighted by Gasteiger charge is -2.30. The number of nitrogens with zero attached hydrogens (tertiary/aromatic N) is 2. The van der Waals surface area contributed by atoms with E-state index >= 15 is 0 Å². The van der Waals surface area contributed by atoms with Crippen molar-refractivity contribution in [2.45, 2.75) is 18.9 Å². The lowest BCUT2D eigenvalue weighted by molar-refractivity contribution is 0.393. The van der Waals surface area contributed by atoms with E-state index in [0.717, 1.165) is 39.7 Å². The number of methoxy groups -OCH3 is 2. The predicted molar refractivity (Wildman–Crippen MR) is 146 cm³/mol. The zero-order valence-corrected chi connectivity index (χ0v) is 22.2. The third-order valence-electron chi connectivity index (χ3n) is 6.79. The molecule has 5 nitrogen and oxygen atoms in total. The van der Waals surface area contributed by atoms with Crippen molar-refractivity contribution in [3.05, 3.63) is 119 Å². The second-order valence-corrected chi connectivity index (χ2v) is 10.7. The SMILES string of the molecule is COc1ccc(/C=c2/sc3n(c2=O)[C@@H](c2ccc(Br)cc2)C2=C(N=3)c3ccccc3CC2)c(OC)c1. The van der Waals surface area contributed by atoms with Crippen molar-refractivity contribution in [2.75, 3.05) is 14.2 Å². The molecular formula is C29H23BrN2O3S. The Morgan fingerprint density at radius 3 is 2.61 bits per heavy atom. The Morgan fingerprint density at radius 1 is 1.03 bits per heavy atom. The van der Waals surface area contributed by atoms with Gasteiger partial charge in [0.15, 0.2) is 4.80 Å². The highest BCUT2D eigenvalue weighted by Gasteiger charge is 2.32. The van der Waals surface area contributed by atoms with Crippen LogP contribution in [0.15, 0.2) is 86.6 Å². The van der Waals surface area contributed by atoms with Gasteiger partial charge >= 0.3 is 0 Å². The molecule has 0 saturated heterocycles. The summed E-state index contributed by atoms with van der Waals surface area (Å²) >= 11 is 4.96. The standard InChI is InChI=1S/C29H23BrN2O3S/c1-34-21-13-9-19(24(16-21)35-2)15-25-28(33)32-27(18-7-11-20(30)12-8-18)23-14-10-17-5-3-4-6-22(17)26(23)31-29(32)36-25/h3-9,11-13,15-16,27H,10,14H2,1-2H3/b25-15+/t27-/m0/s1. The van der Waals surface area contributed by atoms with Crippen LogP contribution in [0.4, 0.5) is 0 Å². The third-order valence-corrected chi connectivity index (χ3v) is 8.30. The van der Waals surface area contributed by atoms with Gasteiger partial charge in [-0.15, -0.1) is 0 Å². The molecule has 1 aliphatic heterocycles. The Hall–Kier alpha value is -3.42. The van der Waals surface area contributed by atoms with Gasteiger partial charge in [0, 0.05) is 21.7 Å². The fourth-order valence-corrected chi connectivity index (χ4v) is 6.30. The first-order chi connectivity index (χ1) is 17.6. The van der Waals surface area contributed by atoms with Gasteiger partial charge in [-0.25, -0.2) is 4.99 Å². The molecule has 4 aromatic rings. The number of aryl methyl sites for hydroxylation is 1. The van der Waals surface area contributed by atoms with Crippen LogP contribution in [-0.2, 0) is 6.42 Å². The average molecular weight is 559 g/mol. The Kier molecular flexibility index (Phi) is 5.90. The largest absolute Gasteiger partial charge is 0.497 e. The zero-order chi connectivity index (χ0) is 24.8. The molecule has 3 aromatic carbocycles. The van der Waals surface area contributed by atoms with E-state index < -0.39 is 0 Å². The molecule has 0 radical (unpaired) electrons. The van der Waals surface area contributed by atoms with Crippen LogP contribution in [-0.4, -0.2) is 18.8 Å². The maximum absolute atomic E-state index is 13.9. The highest BCUT2D eigenvalue weighted by molar-refractivity contribution is 9.10. The Balaban J connectivity index is 1.60. The minimum absolute atomic E-state index is 0.0463. The van der Waals surface area contributed by atoms with E-state index in [1.165, 1.54) is 22.5 Å². The summed E-state index contributed by atoms with van der Waals surface area (Å²) < 4.78 is 14.4. The van der Waals surface area contributed by atoms with Gasteiger partial charge < -0.3 is 9.47 Å². The van der Waals surface area contributed by atoms with Gasteiger partial charge in [0.1, 0.15) is 11.5 Å². The molecule has 0 fully saturated rings. The fourth-order valence-electron chi connectivity index (χ4n) is 5.05. The van der Waals surface area contributed by atoms with E-state index in [9.17, 15) is 4.79 Å². The van der Waals surface area contributed by atoms with Crippen LogP contribution in [0, 0.1) is 0 Å². The molecule has 1 aliphatic carbocycles. The Morgan fingerprint density at radius 2 is 1.83 bits per heavy atom. The first-order valence-corrected chi connectivity index (χ1v) is 13.3. The second kappa shape index (κ2) is 9.22. The van der Waals surface area contributed by atoms with Gasteiger partial charge in [-0.1, -0.05) is 63.7 Å². The molecular weight excluding hydrogens is 536 g/mol. The lowest BCUT2D eigenvalue weighted by atomic mass is 9.83. The topological polar surface area (TPSA) is 52.8 Å². The number of halogens is 1.